The summed E-state index contributed by atoms with van der Waals surface area (Å²) in [6, 6.07) is 8.44. The van der Waals surface area contributed by atoms with Gasteiger partial charge in [0, 0.05) is 37.6 Å². The molecule has 3 rings (SSSR count). The van der Waals surface area contributed by atoms with Gasteiger partial charge in [0.1, 0.15) is 0 Å². The van der Waals surface area contributed by atoms with Crippen molar-refractivity contribution in [2.24, 2.45) is 5.92 Å². The maximum Gasteiger partial charge on any atom is 0.231 e. The summed E-state index contributed by atoms with van der Waals surface area (Å²) in [4.78, 5) is 30.7. The van der Waals surface area contributed by atoms with Gasteiger partial charge in [-0.25, -0.2) is 4.98 Å². The van der Waals surface area contributed by atoms with E-state index in [1.54, 1.807) is 12.0 Å². The number of rotatable bonds is 9. The molecule has 7 heteroatoms. The maximum atomic E-state index is 12.5. The van der Waals surface area contributed by atoms with Gasteiger partial charge in [0.2, 0.25) is 11.8 Å². The molecule has 1 N–H and O–H groups in total. The number of aromatic nitrogens is 1. The second kappa shape index (κ2) is 9.80. The topological polar surface area (TPSA) is 71.5 Å². The molecule has 0 bridgehead atoms. The quantitative estimate of drug-likeness (QED) is 0.697. The summed E-state index contributed by atoms with van der Waals surface area (Å²) < 4.78 is 5.01. The zero-order valence-electron chi connectivity index (χ0n) is 16.4. The van der Waals surface area contributed by atoms with Crippen LogP contribution in [0.1, 0.15) is 31.7 Å². The summed E-state index contributed by atoms with van der Waals surface area (Å²) in [6.45, 7) is 3.63. The first kappa shape index (κ1) is 20.5. The maximum absolute atomic E-state index is 12.5. The largest absolute Gasteiger partial charge is 0.383 e. The predicted molar refractivity (Wildman–Crippen MR) is 111 cm³/mol. The van der Waals surface area contributed by atoms with Crippen LogP contribution in [0.15, 0.2) is 29.6 Å². The molecule has 0 saturated carbocycles. The smallest absolute Gasteiger partial charge is 0.231 e. The number of likely N-dealkylation sites (tertiary alicyclic amines) is 1. The molecule has 2 aromatic rings. The van der Waals surface area contributed by atoms with Gasteiger partial charge in [0.15, 0.2) is 5.13 Å². The van der Waals surface area contributed by atoms with Crippen molar-refractivity contribution < 1.29 is 14.3 Å². The minimum Gasteiger partial charge on any atom is -0.383 e. The van der Waals surface area contributed by atoms with Gasteiger partial charge >= 0.3 is 0 Å². The lowest BCUT2D eigenvalue weighted by molar-refractivity contribution is -0.128. The van der Waals surface area contributed by atoms with E-state index in [-0.39, 0.29) is 24.2 Å². The highest BCUT2D eigenvalue weighted by Crippen LogP contribution is 2.27. The van der Waals surface area contributed by atoms with E-state index in [9.17, 15) is 9.59 Å². The Hall–Kier alpha value is -2.25. The standard InChI is InChI=1S/C21H27N3O3S/c1-3-4-5-15-6-8-16(9-7-15)18-14-28-21(22-18)23-20(26)17-12-19(25)24(13-17)10-11-27-2/h6-9,14,17H,3-5,10-13H2,1-2H3,(H,22,23,26). The molecule has 1 unspecified atom stereocenters. The number of anilines is 1. The first-order valence-electron chi connectivity index (χ1n) is 9.73. The molecular weight excluding hydrogens is 374 g/mol. The van der Waals surface area contributed by atoms with Crippen molar-refractivity contribution >= 4 is 28.3 Å². The molecule has 28 heavy (non-hydrogen) atoms. The summed E-state index contributed by atoms with van der Waals surface area (Å²) in [5.41, 5.74) is 3.23. The molecule has 1 aliphatic heterocycles. The fraction of sp³-hybridized carbons (Fsp3) is 0.476. The van der Waals surface area contributed by atoms with Crippen molar-refractivity contribution in [3.8, 4) is 11.3 Å². The fourth-order valence-corrected chi connectivity index (χ4v) is 3.98. The van der Waals surface area contributed by atoms with Gasteiger partial charge in [0.25, 0.3) is 0 Å². The second-order valence-electron chi connectivity index (χ2n) is 7.06. The van der Waals surface area contributed by atoms with Crippen molar-refractivity contribution in [3.05, 3.63) is 35.2 Å². The molecule has 1 aromatic heterocycles. The first-order valence-corrected chi connectivity index (χ1v) is 10.6. The summed E-state index contributed by atoms with van der Waals surface area (Å²) in [7, 11) is 1.60. The lowest BCUT2D eigenvalue weighted by Gasteiger charge is -2.15. The molecule has 0 spiro atoms. The number of methoxy groups -OCH3 is 1. The summed E-state index contributed by atoms with van der Waals surface area (Å²) in [5.74, 6) is -0.487. The Morgan fingerprint density at radius 3 is 2.86 bits per heavy atom. The van der Waals surface area contributed by atoms with Crippen LogP contribution in [0.5, 0.6) is 0 Å². The van der Waals surface area contributed by atoms with Gasteiger partial charge in [-0.2, -0.15) is 0 Å². The number of benzene rings is 1. The van der Waals surface area contributed by atoms with Crippen LogP contribution >= 0.6 is 11.3 Å². The van der Waals surface area contributed by atoms with E-state index in [2.05, 4.69) is 41.5 Å². The molecule has 150 valence electrons. The predicted octanol–water partition coefficient (Wildman–Crippen LogP) is 3.59. The average Bonchev–Trinajstić information content (AvgIpc) is 3.32. The van der Waals surface area contributed by atoms with Crippen molar-refractivity contribution in [2.75, 3.05) is 32.1 Å². The van der Waals surface area contributed by atoms with Crippen LogP contribution in [0.4, 0.5) is 5.13 Å². The molecule has 0 aliphatic carbocycles. The average molecular weight is 402 g/mol. The lowest BCUT2D eigenvalue weighted by Crippen LogP contribution is -2.30. The molecular formula is C21H27N3O3S. The number of thiazole rings is 1. The third kappa shape index (κ3) is 5.17. The summed E-state index contributed by atoms with van der Waals surface area (Å²) in [6.07, 6.45) is 3.72. The van der Waals surface area contributed by atoms with E-state index < -0.39 is 0 Å². The van der Waals surface area contributed by atoms with E-state index in [1.807, 2.05) is 5.38 Å². The van der Waals surface area contributed by atoms with Crippen LogP contribution in [0.2, 0.25) is 0 Å². The Morgan fingerprint density at radius 2 is 2.14 bits per heavy atom. The highest BCUT2D eigenvalue weighted by Gasteiger charge is 2.34. The number of amides is 2. The molecule has 0 radical (unpaired) electrons. The van der Waals surface area contributed by atoms with E-state index in [0.29, 0.717) is 24.8 Å². The number of unbranched alkanes of at least 4 members (excludes halogenated alkanes) is 1. The van der Waals surface area contributed by atoms with Gasteiger partial charge in [0.05, 0.1) is 18.2 Å². The monoisotopic (exact) mass is 401 g/mol. The van der Waals surface area contributed by atoms with E-state index >= 15 is 0 Å². The fourth-order valence-electron chi connectivity index (χ4n) is 3.26. The number of hydrogen-bond donors (Lipinski definition) is 1. The number of nitrogens with one attached hydrogen (secondary N) is 1. The highest BCUT2D eigenvalue weighted by molar-refractivity contribution is 7.14. The van der Waals surface area contributed by atoms with Gasteiger partial charge < -0.3 is 15.0 Å². The second-order valence-corrected chi connectivity index (χ2v) is 7.92. The Bertz CT molecular complexity index is 803. The van der Waals surface area contributed by atoms with Gasteiger partial charge in [-0.05, 0) is 18.4 Å². The van der Waals surface area contributed by atoms with Crippen LogP contribution in [0, 0.1) is 5.92 Å². The minimum absolute atomic E-state index is 0.000176. The highest BCUT2D eigenvalue weighted by atomic mass is 32.1. The molecule has 1 aliphatic rings. The van der Waals surface area contributed by atoms with Crippen molar-refractivity contribution in [1.82, 2.24) is 9.88 Å². The molecule has 6 nitrogen and oxygen atoms in total. The van der Waals surface area contributed by atoms with Crippen molar-refractivity contribution in [3.63, 3.8) is 0 Å². The van der Waals surface area contributed by atoms with Gasteiger partial charge in [-0.15, -0.1) is 11.3 Å². The third-order valence-corrected chi connectivity index (χ3v) is 5.71. The molecule has 1 aromatic carbocycles. The van der Waals surface area contributed by atoms with E-state index in [0.717, 1.165) is 17.7 Å². The Balaban J connectivity index is 1.57. The van der Waals surface area contributed by atoms with Gasteiger partial charge in [-0.1, -0.05) is 37.6 Å². The normalized spacial score (nSPS) is 16.6. The van der Waals surface area contributed by atoms with Gasteiger partial charge in [-0.3, -0.25) is 9.59 Å². The van der Waals surface area contributed by atoms with Crippen LogP contribution in [-0.2, 0) is 20.7 Å². The summed E-state index contributed by atoms with van der Waals surface area (Å²) in [5, 5.41) is 5.38. The Morgan fingerprint density at radius 1 is 1.36 bits per heavy atom. The number of carbonyl (C=O) groups excluding carboxylic acids is 2. The van der Waals surface area contributed by atoms with Crippen LogP contribution in [-0.4, -0.2) is 48.5 Å². The number of carbonyl (C=O) groups is 2. The molecule has 1 fully saturated rings. The molecule has 1 atom stereocenters. The van der Waals surface area contributed by atoms with Crippen LogP contribution in [0.25, 0.3) is 11.3 Å². The zero-order valence-corrected chi connectivity index (χ0v) is 17.3. The number of hydrogen-bond acceptors (Lipinski definition) is 5. The number of ether oxygens (including phenoxy) is 1. The third-order valence-electron chi connectivity index (χ3n) is 4.95. The summed E-state index contributed by atoms with van der Waals surface area (Å²) >= 11 is 1.40. The van der Waals surface area contributed by atoms with E-state index in [4.69, 9.17) is 4.74 Å². The van der Waals surface area contributed by atoms with Crippen molar-refractivity contribution in [1.29, 1.82) is 0 Å². The molecule has 1 saturated heterocycles. The molecule has 2 heterocycles. The SMILES string of the molecule is CCCCc1ccc(-c2csc(NC(=O)C3CC(=O)N(CCOC)C3)n2)cc1. The number of aryl methyl sites for hydroxylation is 1. The zero-order chi connectivity index (χ0) is 19.9. The molecule has 2 amide bonds. The van der Waals surface area contributed by atoms with E-state index in [1.165, 1.54) is 29.7 Å². The van der Waals surface area contributed by atoms with Crippen LogP contribution < -0.4 is 5.32 Å². The number of nitrogens with zero attached hydrogens (tertiary/aromatic N) is 2. The first-order chi connectivity index (χ1) is 13.6. The minimum atomic E-state index is -0.338. The van der Waals surface area contributed by atoms with Crippen LogP contribution in [0.3, 0.4) is 0 Å². The van der Waals surface area contributed by atoms with Crippen molar-refractivity contribution in [2.45, 2.75) is 32.6 Å². The Labute approximate surface area is 169 Å². The Kier molecular flexibility index (Phi) is 7.17. The lowest BCUT2D eigenvalue weighted by atomic mass is 10.1.